The minimum absolute atomic E-state index is 0.203. The molecule has 4 heteroatoms. The van der Waals surface area contributed by atoms with Gasteiger partial charge in [0.05, 0.1) is 18.8 Å². The highest BCUT2D eigenvalue weighted by Crippen LogP contribution is 1.97. The highest BCUT2D eigenvalue weighted by molar-refractivity contribution is 5.71. The number of nitrogens with one attached hydrogen (secondary N) is 1. The van der Waals surface area contributed by atoms with Crippen LogP contribution < -0.4 is 5.32 Å². The molecular weight excluding hydrogens is 216 g/mol. The van der Waals surface area contributed by atoms with E-state index in [4.69, 9.17) is 4.74 Å². The third kappa shape index (κ3) is 6.02. The van der Waals surface area contributed by atoms with Crippen LogP contribution in [0.2, 0.25) is 0 Å². The Morgan fingerprint density at radius 1 is 1.47 bits per heavy atom. The van der Waals surface area contributed by atoms with Crippen molar-refractivity contribution in [1.29, 1.82) is 0 Å². The van der Waals surface area contributed by atoms with E-state index in [1.165, 1.54) is 0 Å². The lowest BCUT2D eigenvalue weighted by molar-refractivity contribution is -0.142. The van der Waals surface area contributed by atoms with Crippen LogP contribution in [-0.2, 0) is 16.1 Å². The molecule has 4 nitrogen and oxygen atoms in total. The zero-order valence-electron chi connectivity index (χ0n) is 10.5. The molecule has 0 saturated carbocycles. The normalized spacial score (nSPS) is 10.2. The molecule has 1 aromatic heterocycles. The predicted octanol–water partition coefficient (Wildman–Crippen LogP) is 1.82. The minimum Gasteiger partial charge on any atom is -0.465 e. The largest absolute Gasteiger partial charge is 0.465 e. The number of esters is 1. The Kier molecular flexibility index (Phi) is 6.25. The maximum atomic E-state index is 11.3. The monoisotopic (exact) mass is 236 g/mol. The number of rotatable bonds is 7. The maximum absolute atomic E-state index is 11.3. The first kappa shape index (κ1) is 13.6. The van der Waals surface area contributed by atoms with Gasteiger partial charge in [0.15, 0.2) is 0 Å². The van der Waals surface area contributed by atoms with Crippen molar-refractivity contribution >= 4 is 5.97 Å². The SMILES string of the molecule is CCCCOC(=O)CNCc1cccc(C)n1. The van der Waals surface area contributed by atoms with Gasteiger partial charge in [0.25, 0.3) is 0 Å². The van der Waals surface area contributed by atoms with E-state index in [2.05, 4.69) is 17.2 Å². The van der Waals surface area contributed by atoms with Crippen LogP contribution in [0.1, 0.15) is 31.2 Å². The zero-order valence-corrected chi connectivity index (χ0v) is 10.5. The summed E-state index contributed by atoms with van der Waals surface area (Å²) in [5.41, 5.74) is 1.92. The van der Waals surface area contributed by atoms with E-state index in [-0.39, 0.29) is 12.5 Å². The Balaban J connectivity index is 2.17. The van der Waals surface area contributed by atoms with Gasteiger partial charge in [-0.3, -0.25) is 9.78 Å². The van der Waals surface area contributed by atoms with Gasteiger partial charge in [0, 0.05) is 12.2 Å². The predicted molar refractivity (Wildman–Crippen MR) is 66.5 cm³/mol. The molecule has 0 spiro atoms. The van der Waals surface area contributed by atoms with E-state index in [9.17, 15) is 4.79 Å². The van der Waals surface area contributed by atoms with Gasteiger partial charge in [-0.05, 0) is 25.5 Å². The fraction of sp³-hybridized carbons (Fsp3) is 0.538. The molecular formula is C13H20N2O2. The molecule has 0 radical (unpaired) electrons. The maximum Gasteiger partial charge on any atom is 0.319 e. The molecule has 1 rings (SSSR count). The highest BCUT2D eigenvalue weighted by atomic mass is 16.5. The molecule has 1 aromatic rings. The number of carbonyl (C=O) groups is 1. The fourth-order valence-corrected chi connectivity index (χ4v) is 1.37. The summed E-state index contributed by atoms with van der Waals surface area (Å²) in [6, 6.07) is 5.84. The van der Waals surface area contributed by atoms with Gasteiger partial charge >= 0.3 is 5.97 Å². The second kappa shape index (κ2) is 7.79. The van der Waals surface area contributed by atoms with Crippen molar-refractivity contribution in [2.45, 2.75) is 33.2 Å². The first-order chi connectivity index (χ1) is 8.22. The van der Waals surface area contributed by atoms with Crippen LogP contribution >= 0.6 is 0 Å². The Bertz CT molecular complexity index is 353. The van der Waals surface area contributed by atoms with Crippen LogP contribution in [0.3, 0.4) is 0 Å². The lowest BCUT2D eigenvalue weighted by Gasteiger charge is -2.05. The van der Waals surface area contributed by atoms with Crippen molar-refractivity contribution < 1.29 is 9.53 Å². The Morgan fingerprint density at radius 2 is 2.29 bits per heavy atom. The molecule has 94 valence electrons. The molecule has 0 atom stereocenters. The number of aromatic nitrogens is 1. The average molecular weight is 236 g/mol. The summed E-state index contributed by atoms with van der Waals surface area (Å²) in [5.74, 6) is -0.203. The van der Waals surface area contributed by atoms with Gasteiger partial charge in [-0.15, -0.1) is 0 Å². The third-order valence-corrected chi connectivity index (χ3v) is 2.28. The summed E-state index contributed by atoms with van der Waals surface area (Å²) in [4.78, 5) is 15.6. The molecule has 0 fully saturated rings. The van der Waals surface area contributed by atoms with E-state index in [1.807, 2.05) is 25.1 Å². The van der Waals surface area contributed by atoms with E-state index < -0.39 is 0 Å². The van der Waals surface area contributed by atoms with Gasteiger partial charge in [-0.1, -0.05) is 19.4 Å². The van der Waals surface area contributed by atoms with Crippen LogP contribution in [-0.4, -0.2) is 24.1 Å². The first-order valence-corrected chi connectivity index (χ1v) is 6.01. The topological polar surface area (TPSA) is 51.2 Å². The van der Waals surface area contributed by atoms with Crippen molar-refractivity contribution in [2.24, 2.45) is 0 Å². The van der Waals surface area contributed by atoms with E-state index in [0.717, 1.165) is 24.2 Å². The molecule has 0 aliphatic heterocycles. The lowest BCUT2D eigenvalue weighted by atomic mass is 10.3. The van der Waals surface area contributed by atoms with Crippen LogP contribution in [0.5, 0.6) is 0 Å². The number of carbonyl (C=O) groups excluding carboxylic acids is 1. The smallest absolute Gasteiger partial charge is 0.319 e. The van der Waals surface area contributed by atoms with Crippen LogP contribution in [0, 0.1) is 6.92 Å². The summed E-state index contributed by atoms with van der Waals surface area (Å²) >= 11 is 0. The summed E-state index contributed by atoms with van der Waals surface area (Å²) in [6.45, 7) is 5.35. The van der Waals surface area contributed by atoms with Crippen molar-refractivity contribution in [1.82, 2.24) is 10.3 Å². The standard InChI is InChI=1S/C13H20N2O2/c1-3-4-8-17-13(16)10-14-9-12-7-5-6-11(2)15-12/h5-7,14H,3-4,8-10H2,1-2H3. The number of unbranched alkanes of at least 4 members (excludes halogenated alkanes) is 1. The van der Waals surface area contributed by atoms with Crippen LogP contribution in [0.25, 0.3) is 0 Å². The molecule has 0 amide bonds. The van der Waals surface area contributed by atoms with E-state index in [0.29, 0.717) is 13.2 Å². The zero-order chi connectivity index (χ0) is 12.5. The fourth-order valence-electron chi connectivity index (χ4n) is 1.37. The van der Waals surface area contributed by atoms with Gasteiger partial charge in [0.2, 0.25) is 0 Å². The van der Waals surface area contributed by atoms with E-state index in [1.54, 1.807) is 0 Å². The summed E-state index contributed by atoms with van der Waals surface area (Å²) < 4.78 is 5.02. The first-order valence-electron chi connectivity index (χ1n) is 6.01. The van der Waals surface area contributed by atoms with Crippen molar-refractivity contribution in [2.75, 3.05) is 13.2 Å². The van der Waals surface area contributed by atoms with Crippen LogP contribution in [0.15, 0.2) is 18.2 Å². The molecule has 0 unspecified atom stereocenters. The third-order valence-electron chi connectivity index (χ3n) is 2.28. The number of ether oxygens (including phenoxy) is 1. The number of pyridine rings is 1. The molecule has 1 heterocycles. The summed E-state index contributed by atoms with van der Waals surface area (Å²) in [5, 5.41) is 3.02. The Hall–Kier alpha value is -1.42. The number of aryl methyl sites for hydroxylation is 1. The summed E-state index contributed by atoms with van der Waals surface area (Å²) in [7, 11) is 0. The number of hydrogen-bond acceptors (Lipinski definition) is 4. The van der Waals surface area contributed by atoms with Crippen molar-refractivity contribution in [3.05, 3.63) is 29.6 Å². The quantitative estimate of drug-likeness (QED) is 0.579. The number of hydrogen-bond donors (Lipinski definition) is 1. The molecule has 17 heavy (non-hydrogen) atoms. The van der Waals surface area contributed by atoms with Crippen LogP contribution in [0.4, 0.5) is 0 Å². The minimum atomic E-state index is -0.203. The average Bonchev–Trinajstić information content (AvgIpc) is 2.29. The van der Waals surface area contributed by atoms with Crippen molar-refractivity contribution in [3.63, 3.8) is 0 Å². The van der Waals surface area contributed by atoms with E-state index >= 15 is 0 Å². The van der Waals surface area contributed by atoms with Gasteiger partial charge in [-0.2, -0.15) is 0 Å². The second-order valence-corrected chi connectivity index (χ2v) is 3.95. The Labute approximate surface area is 102 Å². The van der Waals surface area contributed by atoms with Crippen molar-refractivity contribution in [3.8, 4) is 0 Å². The lowest BCUT2D eigenvalue weighted by Crippen LogP contribution is -2.25. The number of nitrogens with zero attached hydrogens (tertiary/aromatic N) is 1. The highest BCUT2D eigenvalue weighted by Gasteiger charge is 2.02. The molecule has 0 bridgehead atoms. The molecule has 1 N–H and O–H groups in total. The molecule has 0 aliphatic rings. The van der Waals surface area contributed by atoms with Gasteiger partial charge in [0.1, 0.15) is 0 Å². The molecule has 0 saturated heterocycles. The summed E-state index contributed by atoms with van der Waals surface area (Å²) in [6.07, 6.45) is 1.96. The van der Waals surface area contributed by atoms with Gasteiger partial charge in [-0.25, -0.2) is 0 Å². The molecule has 0 aliphatic carbocycles. The molecule has 0 aromatic carbocycles. The second-order valence-electron chi connectivity index (χ2n) is 3.95. The van der Waals surface area contributed by atoms with Gasteiger partial charge < -0.3 is 10.1 Å². The Morgan fingerprint density at radius 3 is 3.00 bits per heavy atom.